The Morgan fingerprint density at radius 2 is 2.05 bits per heavy atom. The Morgan fingerprint density at radius 1 is 1.24 bits per heavy atom. The molecule has 0 saturated heterocycles. The number of carbonyl (C=O) groups is 1. The Bertz CT molecular complexity index is 402. The van der Waals surface area contributed by atoms with Crippen molar-refractivity contribution in [3.63, 3.8) is 0 Å². The minimum Gasteiger partial charge on any atom is -0.493 e. The van der Waals surface area contributed by atoms with Crippen molar-refractivity contribution in [1.82, 2.24) is 5.32 Å². The summed E-state index contributed by atoms with van der Waals surface area (Å²) < 4.78 is 10.5. The maximum atomic E-state index is 11.9. The molecule has 1 amide bonds. The number of rotatable bonds is 10. The van der Waals surface area contributed by atoms with Crippen molar-refractivity contribution < 1.29 is 14.3 Å². The Labute approximate surface area is 132 Å². The fraction of sp³-hybridized carbons (Fsp3) is 0.533. The number of hydrogen-bond donors (Lipinski definition) is 2. The number of amides is 1. The summed E-state index contributed by atoms with van der Waals surface area (Å²) >= 11 is 0. The minimum absolute atomic E-state index is 0. The van der Waals surface area contributed by atoms with Crippen LogP contribution in [-0.2, 0) is 4.74 Å². The van der Waals surface area contributed by atoms with Gasteiger partial charge in [0.25, 0.3) is 5.91 Å². The lowest BCUT2D eigenvalue weighted by molar-refractivity contribution is 0.0952. The number of methoxy groups -OCH3 is 1. The third-order valence-electron chi connectivity index (χ3n) is 2.77. The Morgan fingerprint density at radius 3 is 2.76 bits per heavy atom. The zero-order valence-electron chi connectivity index (χ0n) is 12.5. The molecule has 0 aromatic heterocycles. The highest BCUT2D eigenvalue weighted by Crippen LogP contribution is 2.13. The van der Waals surface area contributed by atoms with E-state index < -0.39 is 0 Å². The second-order valence-corrected chi connectivity index (χ2v) is 4.47. The number of benzene rings is 1. The molecule has 0 spiro atoms. The van der Waals surface area contributed by atoms with Crippen molar-refractivity contribution >= 4 is 18.3 Å². The minimum atomic E-state index is -0.0793. The quantitative estimate of drug-likeness (QED) is 0.647. The monoisotopic (exact) mass is 316 g/mol. The van der Waals surface area contributed by atoms with E-state index in [0.29, 0.717) is 37.6 Å². The van der Waals surface area contributed by atoms with Crippen molar-refractivity contribution in [2.45, 2.75) is 19.3 Å². The van der Waals surface area contributed by atoms with E-state index in [9.17, 15) is 4.79 Å². The first kappa shape index (κ1) is 19.7. The first-order chi connectivity index (χ1) is 9.77. The lowest BCUT2D eigenvalue weighted by Gasteiger charge is -2.08. The predicted molar refractivity (Wildman–Crippen MR) is 86.3 cm³/mol. The van der Waals surface area contributed by atoms with E-state index in [-0.39, 0.29) is 18.3 Å². The number of halogens is 1. The van der Waals surface area contributed by atoms with E-state index in [2.05, 4.69) is 5.32 Å². The summed E-state index contributed by atoms with van der Waals surface area (Å²) in [5.41, 5.74) is 6.02. The molecule has 0 fully saturated rings. The number of nitrogens with two attached hydrogens (primary N) is 1. The van der Waals surface area contributed by atoms with E-state index in [1.807, 2.05) is 12.1 Å². The summed E-state index contributed by atoms with van der Waals surface area (Å²) in [6.45, 7) is 2.55. The summed E-state index contributed by atoms with van der Waals surface area (Å²) in [5, 5.41) is 2.87. The van der Waals surface area contributed by atoms with Gasteiger partial charge in [0.1, 0.15) is 5.75 Å². The smallest absolute Gasteiger partial charge is 0.251 e. The molecule has 1 aromatic rings. The highest BCUT2D eigenvalue weighted by molar-refractivity contribution is 5.94. The highest BCUT2D eigenvalue weighted by atomic mass is 35.5. The molecule has 1 rings (SSSR count). The molecule has 0 heterocycles. The molecule has 3 N–H and O–H groups in total. The summed E-state index contributed by atoms with van der Waals surface area (Å²) in [6.07, 6.45) is 2.64. The van der Waals surface area contributed by atoms with Gasteiger partial charge in [-0.05, 0) is 37.6 Å². The van der Waals surface area contributed by atoms with Crippen LogP contribution < -0.4 is 15.8 Å². The topological polar surface area (TPSA) is 73.6 Å². The fourth-order valence-electron chi connectivity index (χ4n) is 1.69. The Balaban J connectivity index is 0.00000400. The standard InChI is InChI=1S/C15H24N2O3.ClH/c1-19-10-5-11-20-14-7-4-6-13(12-14)15(18)17-9-3-2-8-16;/h4,6-7,12H,2-3,5,8-11,16H2,1H3,(H,17,18);1H. The average Bonchev–Trinajstić information content (AvgIpc) is 2.48. The molecule has 0 radical (unpaired) electrons. The Kier molecular flexibility index (Phi) is 11.7. The van der Waals surface area contributed by atoms with E-state index >= 15 is 0 Å². The molecule has 0 aliphatic rings. The molecule has 120 valence electrons. The zero-order chi connectivity index (χ0) is 14.6. The van der Waals surface area contributed by atoms with Gasteiger partial charge in [-0.25, -0.2) is 0 Å². The number of unbranched alkanes of at least 4 members (excludes halogenated alkanes) is 1. The van der Waals surface area contributed by atoms with Gasteiger partial charge in [0.05, 0.1) is 6.61 Å². The molecule has 0 bridgehead atoms. The predicted octanol–water partition coefficient (Wildman–Crippen LogP) is 1.99. The molecule has 0 aliphatic carbocycles. The largest absolute Gasteiger partial charge is 0.493 e. The molecular weight excluding hydrogens is 292 g/mol. The summed E-state index contributed by atoms with van der Waals surface area (Å²) in [5.74, 6) is 0.625. The third-order valence-corrected chi connectivity index (χ3v) is 2.77. The van der Waals surface area contributed by atoms with Crippen LogP contribution in [0.2, 0.25) is 0 Å². The van der Waals surface area contributed by atoms with Gasteiger partial charge in [0, 0.05) is 32.2 Å². The van der Waals surface area contributed by atoms with Crippen molar-refractivity contribution in [3.05, 3.63) is 29.8 Å². The third kappa shape index (κ3) is 8.55. The van der Waals surface area contributed by atoms with E-state index in [0.717, 1.165) is 19.3 Å². The van der Waals surface area contributed by atoms with Crippen molar-refractivity contribution in [3.8, 4) is 5.75 Å². The van der Waals surface area contributed by atoms with Crippen molar-refractivity contribution in [1.29, 1.82) is 0 Å². The molecule has 0 saturated carbocycles. The Hall–Kier alpha value is -1.30. The van der Waals surface area contributed by atoms with Crippen LogP contribution in [0.3, 0.4) is 0 Å². The molecule has 0 atom stereocenters. The maximum Gasteiger partial charge on any atom is 0.251 e. The van der Waals surface area contributed by atoms with E-state index in [1.165, 1.54) is 0 Å². The van der Waals surface area contributed by atoms with Gasteiger partial charge < -0.3 is 20.5 Å². The van der Waals surface area contributed by atoms with Crippen LogP contribution in [0, 0.1) is 0 Å². The molecule has 5 nitrogen and oxygen atoms in total. The highest BCUT2D eigenvalue weighted by Gasteiger charge is 2.05. The second kappa shape index (κ2) is 12.4. The van der Waals surface area contributed by atoms with Crippen LogP contribution in [0.4, 0.5) is 0 Å². The van der Waals surface area contributed by atoms with Gasteiger partial charge in [0.15, 0.2) is 0 Å². The normalized spacial score (nSPS) is 9.81. The van der Waals surface area contributed by atoms with E-state index in [1.54, 1.807) is 19.2 Å². The number of ether oxygens (including phenoxy) is 2. The maximum absolute atomic E-state index is 11.9. The molecular formula is C15H25ClN2O3. The fourth-order valence-corrected chi connectivity index (χ4v) is 1.69. The molecule has 1 aromatic carbocycles. The first-order valence-electron chi connectivity index (χ1n) is 6.98. The lowest BCUT2D eigenvalue weighted by Crippen LogP contribution is -2.24. The second-order valence-electron chi connectivity index (χ2n) is 4.47. The van der Waals surface area contributed by atoms with Crippen LogP contribution in [-0.4, -0.2) is 39.3 Å². The number of carbonyl (C=O) groups excluding carboxylic acids is 1. The summed E-state index contributed by atoms with van der Waals surface area (Å²) in [4.78, 5) is 11.9. The van der Waals surface area contributed by atoms with E-state index in [4.69, 9.17) is 15.2 Å². The number of nitrogens with one attached hydrogen (secondary N) is 1. The van der Waals surface area contributed by atoms with Gasteiger partial charge in [-0.15, -0.1) is 12.4 Å². The number of hydrogen-bond acceptors (Lipinski definition) is 4. The molecule has 21 heavy (non-hydrogen) atoms. The molecule has 6 heteroatoms. The van der Waals surface area contributed by atoms with Crippen LogP contribution in [0.5, 0.6) is 5.75 Å². The summed E-state index contributed by atoms with van der Waals surface area (Å²) in [7, 11) is 1.66. The van der Waals surface area contributed by atoms with Crippen LogP contribution in [0.15, 0.2) is 24.3 Å². The van der Waals surface area contributed by atoms with Crippen LogP contribution in [0.25, 0.3) is 0 Å². The van der Waals surface area contributed by atoms with Gasteiger partial charge >= 0.3 is 0 Å². The van der Waals surface area contributed by atoms with Gasteiger partial charge in [0.2, 0.25) is 0 Å². The SMILES string of the molecule is COCCCOc1cccc(C(=O)NCCCCN)c1.Cl. The zero-order valence-corrected chi connectivity index (χ0v) is 13.3. The van der Waals surface area contributed by atoms with Crippen LogP contribution >= 0.6 is 12.4 Å². The van der Waals surface area contributed by atoms with Gasteiger partial charge in [-0.1, -0.05) is 6.07 Å². The van der Waals surface area contributed by atoms with Crippen molar-refractivity contribution in [2.75, 3.05) is 33.4 Å². The average molecular weight is 317 g/mol. The van der Waals surface area contributed by atoms with Gasteiger partial charge in [-0.2, -0.15) is 0 Å². The van der Waals surface area contributed by atoms with Crippen molar-refractivity contribution in [2.24, 2.45) is 5.73 Å². The summed E-state index contributed by atoms with van der Waals surface area (Å²) in [6, 6.07) is 7.20. The molecule has 0 unspecified atom stereocenters. The van der Waals surface area contributed by atoms with Crippen LogP contribution in [0.1, 0.15) is 29.6 Å². The lowest BCUT2D eigenvalue weighted by atomic mass is 10.2. The van der Waals surface area contributed by atoms with Gasteiger partial charge in [-0.3, -0.25) is 4.79 Å². The first-order valence-corrected chi connectivity index (χ1v) is 6.98. The molecule has 0 aliphatic heterocycles.